The van der Waals surface area contributed by atoms with Crippen molar-refractivity contribution in [3.63, 3.8) is 0 Å². The second-order valence-electron chi connectivity index (χ2n) is 4.64. The van der Waals surface area contributed by atoms with Gasteiger partial charge >= 0.3 is 0 Å². The molecule has 0 aliphatic heterocycles. The average molecular weight is 224 g/mol. The first-order valence-corrected chi connectivity index (χ1v) is 5.93. The van der Waals surface area contributed by atoms with E-state index in [4.69, 9.17) is 4.52 Å². The lowest BCUT2D eigenvalue weighted by Gasteiger charge is -2.05. The summed E-state index contributed by atoms with van der Waals surface area (Å²) in [7, 11) is 4.08. The molecular formula is C11H20N4O. The minimum absolute atomic E-state index is 0.746. The van der Waals surface area contributed by atoms with Crippen LogP contribution in [0.25, 0.3) is 0 Å². The molecule has 0 spiro atoms. The van der Waals surface area contributed by atoms with Crippen LogP contribution in [0.15, 0.2) is 4.52 Å². The van der Waals surface area contributed by atoms with Gasteiger partial charge in [0.25, 0.3) is 0 Å². The fourth-order valence-electron chi connectivity index (χ4n) is 1.49. The predicted octanol–water partition coefficient (Wildman–Crippen LogP) is 0.468. The molecule has 1 aliphatic rings. The summed E-state index contributed by atoms with van der Waals surface area (Å²) in [5.74, 6) is 1.57. The van der Waals surface area contributed by atoms with Crippen molar-refractivity contribution in [1.29, 1.82) is 0 Å². The molecule has 1 aromatic rings. The van der Waals surface area contributed by atoms with Gasteiger partial charge in [0.2, 0.25) is 5.89 Å². The highest BCUT2D eigenvalue weighted by molar-refractivity contribution is 4.89. The smallest absolute Gasteiger partial charge is 0.227 e. The molecule has 0 saturated heterocycles. The van der Waals surface area contributed by atoms with Crippen LogP contribution >= 0.6 is 0 Å². The van der Waals surface area contributed by atoms with Crippen molar-refractivity contribution in [2.75, 3.05) is 27.2 Å². The van der Waals surface area contributed by atoms with Gasteiger partial charge in [0.15, 0.2) is 5.82 Å². The van der Waals surface area contributed by atoms with Gasteiger partial charge in [-0.05, 0) is 26.9 Å². The van der Waals surface area contributed by atoms with Gasteiger partial charge in [0.1, 0.15) is 0 Å². The Balaban J connectivity index is 1.68. The standard InChI is InChI=1S/C11H20N4O/c1-15(2)8-6-10-13-11(16-14-10)5-7-12-9-3-4-9/h9,12H,3-8H2,1-2H3. The fourth-order valence-corrected chi connectivity index (χ4v) is 1.49. The highest BCUT2D eigenvalue weighted by Crippen LogP contribution is 2.18. The zero-order chi connectivity index (χ0) is 11.4. The number of rotatable bonds is 7. The second kappa shape index (κ2) is 5.41. The Hall–Kier alpha value is -0.940. The third-order valence-electron chi connectivity index (χ3n) is 2.64. The second-order valence-corrected chi connectivity index (χ2v) is 4.64. The molecule has 90 valence electrons. The van der Waals surface area contributed by atoms with E-state index in [1.807, 2.05) is 14.1 Å². The van der Waals surface area contributed by atoms with E-state index in [1.54, 1.807) is 0 Å². The molecule has 5 nitrogen and oxygen atoms in total. The summed E-state index contributed by atoms with van der Waals surface area (Å²) >= 11 is 0. The van der Waals surface area contributed by atoms with E-state index < -0.39 is 0 Å². The number of hydrogen-bond donors (Lipinski definition) is 1. The highest BCUT2D eigenvalue weighted by atomic mass is 16.5. The number of nitrogens with zero attached hydrogens (tertiary/aromatic N) is 3. The van der Waals surface area contributed by atoms with Crippen molar-refractivity contribution in [3.05, 3.63) is 11.7 Å². The Labute approximate surface area is 96.2 Å². The fraction of sp³-hybridized carbons (Fsp3) is 0.818. The molecule has 5 heteroatoms. The summed E-state index contributed by atoms with van der Waals surface area (Å²) in [4.78, 5) is 6.47. The van der Waals surface area contributed by atoms with E-state index >= 15 is 0 Å². The molecule has 1 heterocycles. The van der Waals surface area contributed by atoms with Crippen molar-refractivity contribution in [2.45, 2.75) is 31.7 Å². The monoisotopic (exact) mass is 224 g/mol. The normalized spacial score (nSPS) is 15.9. The molecular weight excluding hydrogens is 204 g/mol. The molecule has 1 saturated carbocycles. The van der Waals surface area contributed by atoms with Gasteiger partial charge in [-0.2, -0.15) is 4.98 Å². The Morgan fingerprint density at radius 1 is 1.38 bits per heavy atom. The zero-order valence-corrected chi connectivity index (χ0v) is 10.1. The van der Waals surface area contributed by atoms with Crippen LogP contribution in [0.5, 0.6) is 0 Å². The Morgan fingerprint density at radius 3 is 2.88 bits per heavy atom. The van der Waals surface area contributed by atoms with E-state index in [0.717, 1.165) is 43.7 Å². The molecule has 1 aromatic heterocycles. The van der Waals surface area contributed by atoms with Crippen LogP contribution in [0.2, 0.25) is 0 Å². The molecule has 0 atom stereocenters. The van der Waals surface area contributed by atoms with Crippen LogP contribution in [0.1, 0.15) is 24.6 Å². The molecule has 1 N–H and O–H groups in total. The molecule has 2 rings (SSSR count). The summed E-state index contributed by atoms with van der Waals surface area (Å²) in [6.07, 6.45) is 4.33. The van der Waals surface area contributed by atoms with Crippen LogP contribution in [-0.2, 0) is 12.8 Å². The minimum Gasteiger partial charge on any atom is -0.339 e. The highest BCUT2D eigenvalue weighted by Gasteiger charge is 2.20. The SMILES string of the molecule is CN(C)CCc1noc(CCNC2CC2)n1. The van der Waals surface area contributed by atoms with Crippen molar-refractivity contribution in [3.8, 4) is 0 Å². The lowest BCUT2D eigenvalue weighted by molar-refractivity contribution is 0.364. The van der Waals surface area contributed by atoms with Gasteiger partial charge in [-0.25, -0.2) is 0 Å². The first-order chi connectivity index (χ1) is 7.74. The zero-order valence-electron chi connectivity index (χ0n) is 10.1. The third kappa shape index (κ3) is 3.90. The van der Waals surface area contributed by atoms with Gasteiger partial charge in [-0.1, -0.05) is 5.16 Å². The molecule has 0 bridgehead atoms. The summed E-state index contributed by atoms with van der Waals surface area (Å²) in [5.41, 5.74) is 0. The average Bonchev–Trinajstić information content (AvgIpc) is 2.94. The largest absolute Gasteiger partial charge is 0.339 e. The number of hydrogen-bond acceptors (Lipinski definition) is 5. The molecule has 0 aromatic carbocycles. The van der Waals surface area contributed by atoms with Gasteiger partial charge in [0, 0.05) is 32.0 Å². The molecule has 0 radical (unpaired) electrons. The van der Waals surface area contributed by atoms with E-state index in [2.05, 4.69) is 20.4 Å². The van der Waals surface area contributed by atoms with Crippen LogP contribution in [0, 0.1) is 0 Å². The Bertz CT molecular complexity index is 320. The molecule has 1 aliphatic carbocycles. The summed E-state index contributed by atoms with van der Waals surface area (Å²) < 4.78 is 5.18. The maximum absolute atomic E-state index is 5.18. The first kappa shape index (κ1) is 11.5. The summed E-state index contributed by atoms with van der Waals surface area (Å²) in [5, 5.41) is 7.39. The topological polar surface area (TPSA) is 54.2 Å². The van der Waals surface area contributed by atoms with Crippen molar-refractivity contribution >= 4 is 0 Å². The van der Waals surface area contributed by atoms with E-state index in [0.29, 0.717) is 0 Å². The van der Waals surface area contributed by atoms with Crippen molar-refractivity contribution in [2.24, 2.45) is 0 Å². The number of aromatic nitrogens is 2. The number of likely N-dealkylation sites (N-methyl/N-ethyl adjacent to an activating group) is 1. The lowest BCUT2D eigenvalue weighted by atomic mass is 10.4. The first-order valence-electron chi connectivity index (χ1n) is 5.93. The quantitative estimate of drug-likeness (QED) is 0.729. The van der Waals surface area contributed by atoms with E-state index in [9.17, 15) is 0 Å². The molecule has 0 amide bonds. The summed E-state index contributed by atoms with van der Waals surface area (Å²) in [6, 6.07) is 0.746. The maximum atomic E-state index is 5.18. The van der Waals surface area contributed by atoms with Gasteiger partial charge < -0.3 is 14.7 Å². The van der Waals surface area contributed by atoms with Crippen molar-refractivity contribution < 1.29 is 4.52 Å². The summed E-state index contributed by atoms with van der Waals surface area (Å²) in [6.45, 7) is 1.90. The van der Waals surface area contributed by atoms with Gasteiger partial charge in [0.05, 0.1) is 0 Å². The molecule has 16 heavy (non-hydrogen) atoms. The van der Waals surface area contributed by atoms with Crippen LogP contribution < -0.4 is 5.32 Å². The van der Waals surface area contributed by atoms with Crippen LogP contribution in [0.3, 0.4) is 0 Å². The van der Waals surface area contributed by atoms with Gasteiger partial charge in [-0.15, -0.1) is 0 Å². The van der Waals surface area contributed by atoms with E-state index in [-0.39, 0.29) is 0 Å². The maximum Gasteiger partial charge on any atom is 0.227 e. The molecule has 0 unspecified atom stereocenters. The number of nitrogens with one attached hydrogen (secondary N) is 1. The Morgan fingerprint density at radius 2 is 2.19 bits per heavy atom. The van der Waals surface area contributed by atoms with E-state index in [1.165, 1.54) is 12.8 Å². The van der Waals surface area contributed by atoms with Gasteiger partial charge in [-0.3, -0.25) is 0 Å². The minimum atomic E-state index is 0.746. The third-order valence-corrected chi connectivity index (χ3v) is 2.64. The lowest BCUT2D eigenvalue weighted by Crippen LogP contribution is -2.19. The Kier molecular flexibility index (Phi) is 3.90. The van der Waals surface area contributed by atoms with Crippen molar-refractivity contribution in [1.82, 2.24) is 20.4 Å². The van der Waals surface area contributed by atoms with Crippen LogP contribution in [0.4, 0.5) is 0 Å². The molecule has 1 fully saturated rings. The van der Waals surface area contributed by atoms with Crippen LogP contribution in [-0.4, -0.2) is 48.3 Å². The predicted molar refractivity (Wildman–Crippen MR) is 61.3 cm³/mol.